The topological polar surface area (TPSA) is 89.9 Å². The molecule has 1 atom stereocenters. The van der Waals surface area contributed by atoms with Gasteiger partial charge in [0.1, 0.15) is 0 Å². The smallest absolute Gasteiger partial charge is 0.237 e. The van der Waals surface area contributed by atoms with E-state index in [0.717, 1.165) is 16.8 Å². The molecule has 1 aliphatic rings. The lowest BCUT2D eigenvalue weighted by molar-refractivity contribution is -0.125. The van der Waals surface area contributed by atoms with Crippen molar-refractivity contribution in [2.24, 2.45) is 0 Å². The molecule has 0 spiro atoms. The summed E-state index contributed by atoms with van der Waals surface area (Å²) in [5, 5.41) is 21.0. The van der Waals surface area contributed by atoms with Crippen LogP contribution in [0.5, 0.6) is 0 Å². The number of likely N-dealkylation sites (N-methyl/N-ethyl adjacent to an activating group) is 1. The highest BCUT2D eigenvalue weighted by Gasteiger charge is 2.49. The lowest BCUT2D eigenvalue weighted by Gasteiger charge is -2.29. The summed E-state index contributed by atoms with van der Waals surface area (Å²) in [5.74, 6) is -0.313. The van der Waals surface area contributed by atoms with Crippen molar-refractivity contribution in [3.8, 4) is 0 Å². The Kier molecular flexibility index (Phi) is 6.11. The Hall–Kier alpha value is -2.70. The van der Waals surface area contributed by atoms with Gasteiger partial charge in [0.05, 0.1) is 24.7 Å². The van der Waals surface area contributed by atoms with E-state index >= 15 is 0 Å². The van der Waals surface area contributed by atoms with Gasteiger partial charge in [0, 0.05) is 19.2 Å². The van der Waals surface area contributed by atoms with Crippen LogP contribution in [-0.4, -0.2) is 48.3 Å². The molecule has 0 aliphatic carbocycles. The quantitative estimate of drug-likeness (QED) is 0.644. The summed E-state index contributed by atoms with van der Waals surface area (Å²) >= 11 is 0. The molecule has 0 radical (unpaired) electrons. The summed E-state index contributed by atoms with van der Waals surface area (Å²) < 4.78 is 0. The first-order valence-corrected chi connectivity index (χ1v) is 9.44. The number of para-hydroxylation sites is 1. The normalized spacial score (nSPS) is 18.4. The van der Waals surface area contributed by atoms with Crippen LogP contribution >= 0.6 is 0 Å². The summed E-state index contributed by atoms with van der Waals surface area (Å²) in [6.07, 6.45) is 0.972. The average Bonchev–Trinajstić information content (AvgIpc) is 2.94. The predicted molar refractivity (Wildman–Crippen MR) is 107 cm³/mol. The van der Waals surface area contributed by atoms with Gasteiger partial charge in [-0.15, -0.1) is 0 Å². The second-order valence-corrected chi connectivity index (χ2v) is 7.26. The number of amides is 2. The Balaban J connectivity index is 1.91. The number of nitrogens with one attached hydrogen (secondary N) is 1. The second-order valence-electron chi connectivity index (χ2n) is 7.26. The Morgan fingerprint density at radius 1 is 1.07 bits per heavy atom. The number of fused-ring (bicyclic) bond motifs is 1. The van der Waals surface area contributed by atoms with Gasteiger partial charge in [0.2, 0.25) is 11.8 Å². The molecule has 148 valence electrons. The van der Waals surface area contributed by atoms with Gasteiger partial charge in [-0.3, -0.25) is 9.59 Å². The molecule has 0 fully saturated rings. The van der Waals surface area contributed by atoms with Crippen molar-refractivity contribution in [1.82, 2.24) is 5.32 Å². The number of rotatable bonds is 8. The maximum Gasteiger partial charge on any atom is 0.237 e. The molecule has 6 nitrogen and oxygen atoms in total. The molecule has 1 aliphatic heterocycles. The number of nitrogens with zero attached hydrogens (tertiary/aromatic N) is 1. The molecule has 2 aromatic carbocycles. The SMILES string of the molecule is CN1C(=O)[C@@](CCC(=O)NC(CO)CO)(Cc2ccccc2)c2ccccc21. The summed E-state index contributed by atoms with van der Waals surface area (Å²) in [7, 11) is 1.77. The minimum atomic E-state index is -0.821. The first-order valence-electron chi connectivity index (χ1n) is 9.44. The van der Waals surface area contributed by atoms with Gasteiger partial charge >= 0.3 is 0 Å². The molecule has 0 bridgehead atoms. The van der Waals surface area contributed by atoms with Crippen molar-refractivity contribution >= 4 is 17.5 Å². The molecule has 2 aromatic rings. The van der Waals surface area contributed by atoms with Gasteiger partial charge in [0.15, 0.2) is 0 Å². The van der Waals surface area contributed by atoms with Crippen LogP contribution in [0, 0.1) is 0 Å². The average molecular weight is 382 g/mol. The van der Waals surface area contributed by atoms with Gasteiger partial charge < -0.3 is 20.4 Å². The van der Waals surface area contributed by atoms with E-state index in [1.165, 1.54) is 0 Å². The van der Waals surface area contributed by atoms with Crippen molar-refractivity contribution < 1.29 is 19.8 Å². The molecule has 3 rings (SSSR count). The highest BCUT2D eigenvalue weighted by Crippen LogP contribution is 2.46. The van der Waals surface area contributed by atoms with Crippen LogP contribution < -0.4 is 10.2 Å². The largest absolute Gasteiger partial charge is 0.394 e. The molecule has 2 amide bonds. The maximum absolute atomic E-state index is 13.3. The second kappa shape index (κ2) is 8.54. The molecular formula is C22H26N2O4. The first-order chi connectivity index (χ1) is 13.5. The third-order valence-electron chi connectivity index (χ3n) is 5.43. The Bertz CT molecular complexity index is 835. The summed E-state index contributed by atoms with van der Waals surface area (Å²) in [6, 6.07) is 16.8. The minimum Gasteiger partial charge on any atom is -0.394 e. The number of aliphatic hydroxyl groups excluding tert-OH is 2. The van der Waals surface area contributed by atoms with Crippen LogP contribution in [0.4, 0.5) is 5.69 Å². The van der Waals surface area contributed by atoms with E-state index in [9.17, 15) is 19.8 Å². The highest BCUT2D eigenvalue weighted by atomic mass is 16.3. The molecule has 3 N–H and O–H groups in total. The van der Waals surface area contributed by atoms with Gasteiger partial charge in [-0.25, -0.2) is 0 Å². The van der Waals surface area contributed by atoms with Crippen molar-refractivity contribution in [3.05, 3.63) is 65.7 Å². The number of hydrogen-bond donors (Lipinski definition) is 3. The van der Waals surface area contributed by atoms with E-state index in [1.807, 2.05) is 54.6 Å². The lowest BCUT2D eigenvalue weighted by atomic mass is 9.73. The first kappa shape index (κ1) is 20.0. The monoisotopic (exact) mass is 382 g/mol. The van der Waals surface area contributed by atoms with Crippen molar-refractivity contribution in [3.63, 3.8) is 0 Å². The fourth-order valence-corrected chi connectivity index (χ4v) is 3.94. The molecule has 0 saturated carbocycles. The predicted octanol–water partition coefficient (Wildman–Crippen LogP) is 1.39. The Morgan fingerprint density at radius 3 is 2.39 bits per heavy atom. The van der Waals surface area contributed by atoms with E-state index in [0.29, 0.717) is 12.8 Å². The third-order valence-corrected chi connectivity index (χ3v) is 5.43. The van der Waals surface area contributed by atoms with Crippen molar-refractivity contribution in [2.45, 2.75) is 30.7 Å². The molecular weight excluding hydrogens is 356 g/mol. The fraction of sp³-hybridized carbons (Fsp3) is 0.364. The van der Waals surface area contributed by atoms with Crippen LogP contribution in [0.3, 0.4) is 0 Å². The zero-order valence-electron chi connectivity index (χ0n) is 16.0. The van der Waals surface area contributed by atoms with Crippen molar-refractivity contribution in [1.29, 1.82) is 0 Å². The van der Waals surface area contributed by atoms with Gasteiger partial charge in [-0.1, -0.05) is 48.5 Å². The molecule has 0 aromatic heterocycles. The number of carbonyl (C=O) groups excluding carboxylic acids is 2. The highest BCUT2D eigenvalue weighted by molar-refractivity contribution is 6.08. The van der Waals surface area contributed by atoms with E-state index < -0.39 is 11.5 Å². The zero-order chi connectivity index (χ0) is 20.1. The van der Waals surface area contributed by atoms with Gasteiger partial charge in [-0.05, 0) is 30.0 Å². The van der Waals surface area contributed by atoms with Crippen molar-refractivity contribution in [2.75, 3.05) is 25.2 Å². The van der Waals surface area contributed by atoms with Gasteiger partial charge in [0.25, 0.3) is 0 Å². The maximum atomic E-state index is 13.3. The molecule has 0 unspecified atom stereocenters. The third kappa shape index (κ3) is 3.79. The number of benzene rings is 2. The zero-order valence-corrected chi connectivity index (χ0v) is 16.0. The summed E-state index contributed by atoms with van der Waals surface area (Å²) in [6.45, 7) is -0.663. The molecule has 6 heteroatoms. The van der Waals surface area contributed by atoms with E-state index in [4.69, 9.17) is 0 Å². The summed E-state index contributed by atoms with van der Waals surface area (Å²) in [5.41, 5.74) is 2.01. The number of aliphatic hydroxyl groups is 2. The number of hydrogen-bond acceptors (Lipinski definition) is 4. The van der Waals surface area contributed by atoms with E-state index in [1.54, 1.807) is 11.9 Å². The van der Waals surface area contributed by atoms with Crippen LogP contribution in [0.1, 0.15) is 24.0 Å². The number of anilines is 1. The van der Waals surface area contributed by atoms with Crippen LogP contribution in [0.2, 0.25) is 0 Å². The fourth-order valence-electron chi connectivity index (χ4n) is 3.94. The molecule has 1 heterocycles. The molecule has 0 saturated heterocycles. The van der Waals surface area contributed by atoms with Crippen LogP contribution in [-0.2, 0) is 21.4 Å². The van der Waals surface area contributed by atoms with Crippen LogP contribution in [0.15, 0.2) is 54.6 Å². The Labute approximate surface area is 164 Å². The minimum absolute atomic E-state index is 0.0220. The van der Waals surface area contributed by atoms with E-state index in [-0.39, 0.29) is 31.4 Å². The summed E-state index contributed by atoms with van der Waals surface area (Å²) in [4.78, 5) is 27.4. The van der Waals surface area contributed by atoms with Crippen LogP contribution in [0.25, 0.3) is 0 Å². The molecule has 28 heavy (non-hydrogen) atoms. The number of carbonyl (C=O) groups is 2. The Morgan fingerprint density at radius 2 is 1.71 bits per heavy atom. The van der Waals surface area contributed by atoms with E-state index in [2.05, 4.69) is 5.32 Å². The standard InChI is InChI=1S/C22H26N2O4/c1-24-19-10-6-5-9-18(19)22(21(24)28,13-16-7-3-2-4-8-16)12-11-20(27)23-17(14-25)15-26/h2-10,17,25-26H,11-15H2,1H3,(H,23,27)/t22-/m0/s1. The lowest BCUT2D eigenvalue weighted by Crippen LogP contribution is -2.43. The van der Waals surface area contributed by atoms with Gasteiger partial charge in [-0.2, -0.15) is 0 Å².